The van der Waals surface area contributed by atoms with Crippen molar-refractivity contribution >= 4 is 17.3 Å². The van der Waals surface area contributed by atoms with E-state index >= 15 is 0 Å². The molecule has 0 radical (unpaired) electrons. The molecule has 0 unspecified atom stereocenters. The molecule has 2 aromatic carbocycles. The number of ketones is 3. The lowest BCUT2D eigenvalue weighted by Gasteiger charge is -2.18. The summed E-state index contributed by atoms with van der Waals surface area (Å²) in [6.07, 6.45) is 0. The number of fused-ring (bicyclic) bond motifs is 1. The zero-order valence-corrected chi connectivity index (χ0v) is 11.7. The minimum Gasteiger partial charge on any atom is -0.289 e. The second kappa shape index (κ2) is 5.15. The van der Waals surface area contributed by atoms with E-state index in [-0.39, 0.29) is 28.1 Å². The molecule has 108 valence electrons. The van der Waals surface area contributed by atoms with E-state index < -0.39 is 17.4 Å². The molecule has 2 aromatic rings. The van der Waals surface area contributed by atoms with Crippen LogP contribution in [0.3, 0.4) is 0 Å². The van der Waals surface area contributed by atoms with Crippen molar-refractivity contribution in [3.05, 3.63) is 82.2 Å². The average Bonchev–Trinajstić information content (AvgIpc) is 2.53. The highest BCUT2D eigenvalue weighted by Crippen LogP contribution is 2.28. The van der Waals surface area contributed by atoms with Crippen molar-refractivity contribution in [3.63, 3.8) is 0 Å². The summed E-state index contributed by atoms with van der Waals surface area (Å²) in [5, 5.41) is 0. The van der Waals surface area contributed by atoms with E-state index in [9.17, 15) is 18.8 Å². The molecule has 0 aromatic heterocycles. The normalized spacial score (nSPS) is 14.1. The molecule has 0 aliphatic heterocycles. The fourth-order valence-electron chi connectivity index (χ4n) is 2.52. The van der Waals surface area contributed by atoms with Gasteiger partial charge in [0.1, 0.15) is 5.82 Å². The molecule has 0 atom stereocenters. The van der Waals surface area contributed by atoms with Gasteiger partial charge in [-0.25, -0.2) is 4.39 Å². The summed E-state index contributed by atoms with van der Waals surface area (Å²) in [5.74, 6) is -1.84. The summed E-state index contributed by atoms with van der Waals surface area (Å²) in [6.45, 7) is 1.47. The Kier molecular flexibility index (Phi) is 3.29. The van der Waals surface area contributed by atoms with Gasteiger partial charge in [-0.3, -0.25) is 14.4 Å². The van der Waals surface area contributed by atoms with Gasteiger partial charge in [-0.1, -0.05) is 24.3 Å². The Morgan fingerprint density at radius 2 is 1.41 bits per heavy atom. The van der Waals surface area contributed by atoms with Crippen LogP contribution in [0.4, 0.5) is 4.39 Å². The van der Waals surface area contributed by atoms with E-state index in [1.807, 2.05) is 0 Å². The highest BCUT2D eigenvalue weighted by atomic mass is 19.1. The Morgan fingerprint density at radius 3 is 2.00 bits per heavy atom. The number of allylic oxidation sites excluding steroid dienone is 2. The van der Waals surface area contributed by atoms with Crippen LogP contribution in [0.15, 0.2) is 59.7 Å². The molecule has 22 heavy (non-hydrogen) atoms. The van der Waals surface area contributed by atoms with Crippen LogP contribution in [0.25, 0.3) is 0 Å². The number of carbonyl (C=O) groups excluding carboxylic acids is 3. The van der Waals surface area contributed by atoms with Crippen molar-refractivity contribution in [2.45, 2.75) is 6.92 Å². The second-order valence-electron chi connectivity index (χ2n) is 5.04. The molecule has 0 spiro atoms. The predicted molar refractivity (Wildman–Crippen MR) is 78.5 cm³/mol. The third-order valence-electron chi connectivity index (χ3n) is 3.69. The number of benzene rings is 2. The smallest absolute Gasteiger partial charge is 0.198 e. The first kappa shape index (κ1) is 14.1. The Bertz CT molecular complexity index is 845. The van der Waals surface area contributed by atoms with E-state index in [2.05, 4.69) is 0 Å². The van der Waals surface area contributed by atoms with Crippen molar-refractivity contribution < 1.29 is 18.8 Å². The topological polar surface area (TPSA) is 51.2 Å². The summed E-state index contributed by atoms with van der Waals surface area (Å²) in [7, 11) is 0. The van der Waals surface area contributed by atoms with Crippen LogP contribution in [0.2, 0.25) is 0 Å². The minimum atomic E-state index is -0.564. The van der Waals surface area contributed by atoms with Crippen LogP contribution in [0, 0.1) is 5.82 Å². The fourth-order valence-corrected chi connectivity index (χ4v) is 2.52. The highest BCUT2D eigenvalue weighted by molar-refractivity contribution is 6.39. The maximum absolute atomic E-state index is 13.0. The molecule has 1 aliphatic rings. The van der Waals surface area contributed by atoms with Gasteiger partial charge in [0.25, 0.3) is 0 Å². The molecule has 0 saturated carbocycles. The van der Waals surface area contributed by atoms with Crippen LogP contribution >= 0.6 is 0 Å². The molecule has 0 N–H and O–H groups in total. The number of rotatable bonds is 2. The molecule has 0 saturated heterocycles. The quantitative estimate of drug-likeness (QED) is 0.630. The van der Waals surface area contributed by atoms with Gasteiger partial charge in [0, 0.05) is 22.3 Å². The maximum atomic E-state index is 13.0. The predicted octanol–water partition coefficient (Wildman–Crippen LogP) is 3.40. The Balaban J connectivity index is 2.12. The summed E-state index contributed by atoms with van der Waals surface area (Å²) >= 11 is 0. The van der Waals surface area contributed by atoms with E-state index in [1.54, 1.807) is 18.2 Å². The lowest BCUT2D eigenvalue weighted by atomic mass is 9.82. The largest absolute Gasteiger partial charge is 0.289 e. The van der Waals surface area contributed by atoms with Gasteiger partial charge in [-0.15, -0.1) is 0 Å². The number of hydrogen-bond donors (Lipinski definition) is 0. The van der Waals surface area contributed by atoms with Gasteiger partial charge < -0.3 is 0 Å². The lowest BCUT2D eigenvalue weighted by Crippen LogP contribution is -2.25. The van der Waals surface area contributed by atoms with Crippen LogP contribution in [-0.4, -0.2) is 17.3 Å². The molecular formula is C18H11FO3. The van der Waals surface area contributed by atoms with Crippen molar-refractivity contribution in [3.8, 4) is 0 Å². The lowest BCUT2D eigenvalue weighted by molar-refractivity contribution is 0.0927. The van der Waals surface area contributed by atoms with E-state index in [4.69, 9.17) is 0 Å². The van der Waals surface area contributed by atoms with Gasteiger partial charge in [0.2, 0.25) is 0 Å². The van der Waals surface area contributed by atoms with Crippen LogP contribution in [0.5, 0.6) is 0 Å². The molecule has 3 rings (SSSR count). The van der Waals surface area contributed by atoms with Crippen molar-refractivity contribution in [2.24, 2.45) is 0 Å². The van der Waals surface area contributed by atoms with Crippen LogP contribution < -0.4 is 0 Å². The van der Waals surface area contributed by atoms with Crippen molar-refractivity contribution in [1.82, 2.24) is 0 Å². The van der Waals surface area contributed by atoms with E-state index in [1.165, 1.54) is 25.1 Å². The van der Waals surface area contributed by atoms with Gasteiger partial charge in [-0.2, -0.15) is 0 Å². The Hall–Kier alpha value is -2.88. The first-order chi connectivity index (χ1) is 10.5. The van der Waals surface area contributed by atoms with E-state index in [0.717, 1.165) is 12.1 Å². The van der Waals surface area contributed by atoms with Crippen molar-refractivity contribution in [1.29, 1.82) is 0 Å². The Morgan fingerprint density at radius 1 is 0.864 bits per heavy atom. The zero-order chi connectivity index (χ0) is 15.9. The van der Waals surface area contributed by atoms with Gasteiger partial charge >= 0.3 is 0 Å². The van der Waals surface area contributed by atoms with Gasteiger partial charge in [0.15, 0.2) is 17.3 Å². The van der Waals surface area contributed by atoms with E-state index in [0.29, 0.717) is 5.56 Å². The standard InChI is InChI=1S/C18H11FO3/c1-10-15(17(21)11-6-8-12(19)9-7-11)18(22)14-5-3-2-4-13(14)16(10)20/h2-9H,1H3. The summed E-state index contributed by atoms with van der Waals surface area (Å²) in [5.41, 5.74) is 0.689. The summed E-state index contributed by atoms with van der Waals surface area (Å²) in [6, 6.07) is 11.3. The highest BCUT2D eigenvalue weighted by Gasteiger charge is 2.33. The first-order valence-electron chi connectivity index (χ1n) is 6.70. The summed E-state index contributed by atoms with van der Waals surface area (Å²) in [4.78, 5) is 37.4. The molecular weight excluding hydrogens is 283 g/mol. The fraction of sp³-hybridized carbons (Fsp3) is 0.0556. The molecule has 0 amide bonds. The molecule has 0 fully saturated rings. The number of halogens is 1. The first-order valence-corrected chi connectivity index (χ1v) is 6.70. The molecule has 3 nitrogen and oxygen atoms in total. The van der Waals surface area contributed by atoms with Crippen LogP contribution in [0.1, 0.15) is 38.0 Å². The Labute approximate surface area is 126 Å². The maximum Gasteiger partial charge on any atom is 0.198 e. The zero-order valence-electron chi connectivity index (χ0n) is 11.7. The summed E-state index contributed by atoms with van der Waals surface area (Å²) < 4.78 is 13.0. The SMILES string of the molecule is CC1=C(C(=O)c2ccc(F)cc2)C(=O)c2ccccc2C1=O. The third kappa shape index (κ3) is 2.09. The monoisotopic (exact) mass is 294 g/mol. The number of carbonyl (C=O) groups is 3. The third-order valence-corrected chi connectivity index (χ3v) is 3.69. The number of hydrogen-bond acceptors (Lipinski definition) is 3. The molecule has 4 heteroatoms. The second-order valence-corrected chi connectivity index (χ2v) is 5.04. The van der Waals surface area contributed by atoms with Crippen LogP contribution in [-0.2, 0) is 0 Å². The van der Waals surface area contributed by atoms with Gasteiger partial charge in [0.05, 0.1) is 5.57 Å². The number of Topliss-reactive ketones (excluding diaryl/α,β-unsaturated/α-hetero) is 3. The van der Waals surface area contributed by atoms with Gasteiger partial charge in [-0.05, 0) is 31.2 Å². The van der Waals surface area contributed by atoms with Crippen molar-refractivity contribution in [2.75, 3.05) is 0 Å². The molecule has 1 aliphatic carbocycles. The average molecular weight is 294 g/mol. The minimum absolute atomic E-state index is 0.123. The molecule has 0 bridgehead atoms. The molecule has 0 heterocycles.